The third kappa shape index (κ3) is 3.91. The molecule has 3 nitrogen and oxygen atoms in total. The van der Waals surface area contributed by atoms with Gasteiger partial charge in [-0.2, -0.15) is 0 Å². The molecule has 0 heterocycles. The molecule has 0 aliphatic carbocycles. The van der Waals surface area contributed by atoms with Crippen molar-refractivity contribution in [3.05, 3.63) is 23.8 Å². The fraction of sp³-hybridized carbons (Fsp3) is 0.500. The molecule has 0 bridgehead atoms. The van der Waals surface area contributed by atoms with Crippen LogP contribution in [0.3, 0.4) is 0 Å². The lowest BCUT2D eigenvalue weighted by Gasteiger charge is -2.26. The molecule has 106 valence electrons. The van der Waals surface area contributed by atoms with Gasteiger partial charge < -0.3 is 11.1 Å². The first-order chi connectivity index (χ1) is 8.62. The standard InChI is InChI=1S/C14H20F2N2O/c1-8(14(2,3)4)7-11(19)18-13-10(17)6-5-9(15)12(13)16/h5-6,8H,7,17H2,1-4H3,(H,18,19). The van der Waals surface area contributed by atoms with Gasteiger partial charge in [-0.25, -0.2) is 8.78 Å². The van der Waals surface area contributed by atoms with Crippen molar-refractivity contribution in [3.63, 3.8) is 0 Å². The molecule has 1 amide bonds. The van der Waals surface area contributed by atoms with Crippen molar-refractivity contribution in [1.82, 2.24) is 0 Å². The molecular weight excluding hydrogens is 250 g/mol. The van der Waals surface area contributed by atoms with E-state index >= 15 is 0 Å². The van der Waals surface area contributed by atoms with Crippen LogP contribution in [0.25, 0.3) is 0 Å². The summed E-state index contributed by atoms with van der Waals surface area (Å²) < 4.78 is 26.6. The highest BCUT2D eigenvalue weighted by atomic mass is 19.2. The van der Waals surface area contributed by atoms with Crippen LogP contribution in [0.1, 0.15) is 34.1 Å². The van der Waals surface area contributed by atoms with Crippen LogP contribution in [0, 0.1) is 23.0 Å². The molecule has 1 rings (SSSR count). The average Bonchev–Trinajstić information content (AvgIpc) is 2.28. The number of nitrogens with one attached hydrogen (secondary N) is 1. The molecule has 1 atom stereocenters. The Kier molecular flexibility index (Phi) is 4.50. The van der Waals surface area contributed by atoms with E-state index in [0.717, 1.165) is 6.07 Å². The minimum atomic E-state index is -1.13. The number of carbonyl (C=O) groups excluding carboxylic acids is 1. The van der Waals surface area contributed by atoms with E-state index in [1.54, 1.807) is 0 Å². The number of nitrogen functional groups attached to an aromatic ring is 1. The van der Waals surface area contributed by atoms with Gasteiger partial charge in [-0.05, 0) is 23.5 Å². The highest BCUT2D eigenvalue weighted by Crippen LogP contribution is 2.29. The van der Waals surface area contributed by atoms with Crippen LogP contribution in [-0.2, 0) is 4.79 Å². The number of hydrogen-bond acceptors (Lipinski definition) is 2. The topological polar surface area (TPSA) is 55.1 Å². The minimum Gasteiger partial charge on any atom is -0.397 e. The first-order valence-corrected chi connectivity index (χ1v) is 6.16. The molecule has 0 aromatic heterocycles. The molecule has 1 unspecified atom stereocenters. The maximum Gasteiger partial charge on any atom is 0.224 e. The maximum atomic E-state index is 13.5. The predicted molar refractivity (Wildman–Crippen MR) is 72.6 cm³/mol. The number of rotatable bonds is 3. The molecule has 1 aromatic carbocycles. The Morgan fingerprint density at radius 1 is 1.37 bits per heavy atom. The van der Waals surface area contributed by atoms with Crippen LogP contribution in [-0.4, -0.2) is 5.91 Å². The lowest BCUT2D eigenvalue weighted by molar-refractivity contribution is -0.117. The minimum absolute atomic E-state index is 0.00987. The summed E-state index contributed by atoms with van der Waals surface area (Å²) in [5.41, 5.74) is 5.22. The monoisotopic (exact) mass is 270 g/mol. The summed E-state index contributed by atoms with van der Waals surface area (Å²) in [5, 5.41) is 2.34. The van der Waals surface area contributed by atoms with Gasteiger partial charge in [-0.1, -0.05) is 27.7 Å². The number of carbonyl (C=O) groups is 1. The summed E-state index contributed by atoms with van der Waals surface area (Å²) in [7, 11) is 0. The van der Waals surface area contributed by atoms with Crippen molar-refractivity contribution >= 4 is 17.3 Å². The number of benzene rings is 1. The van der Waals surface area contributed by atoms with Crippen molar-refractivity contribution < 1.29 is 13.6 Å². The number of halogens is 2. The smallest absolute Gasteiger partial charge is 0.224 e. The van der Waals surface area contributed by atoms with Crippen LogP contribution in [0.15, 0.2) is 12.1 Å². The van der Waals surface area contributed by atoms with Gasteiger partial charge in [0.1, 0.15) is 5.69 Å². The normalized spacial score (nSPS) is 13.2. The van der Waals surface area contributed by atoms with Gasteiger partial charge >= 0.3 is 0 Å². The summed E-state index contributed by atoms with van der Waals surface area (Å²) in [4.78, 5) is 11.8. The fourth-order valence-electron chi connectivity index (χ4n) is 1.47. The zero-order valence-corrected chi connectivity index (χ0v) is 11.7. The van der Waals surface area contributed by atoms with Crippen molar-refractivity contribution in [1.29, 1.82) is 0 Å². The number of hydrogen-bond donors (Lipinski definition) is 2. The molecule has 0 fully saturated rings. The molecule has 19 heavy (non-hydrogen) atoms. The van der Waals surface area contributed by atoms with Crippen LogP contribution in [0.2, 0.25) is 0 Å². The van der Waals surface area contributed by atoms with E-state index < -0.39 is 11.6 Å². The predicted octanol–water partition coefficient (Wildman–Crippen LogP) is 3.56. The van der Waals surface area contributed by atoms with E-state index in [2.05, 4.69) is 5.32 Å². The summed E-state index contributed by atoms with van der Waals surface area (Å²) in [6.45, 7) is 7.98. The van der Waals surface area contributed by atoms with E-state index in [4.69, 9.17) is 5.73 Å². The molecule has 0 aliphatic heterocycles. The van der Waals surface area contributed by atoms with Crippen LogP contribution in [0.5, 0.6) is 0 Å². The van der Waals surface area contributed by atoms with E-state index in [1.807, 2.05) is 27.7 Å². The Balaban J connectivity index is 2.81. The Morgan fingerprint density at radius 2 is 1.95 bits per heavy atom. The third-order valence-corrected chi connectivity index (χ3v) is 3.36. The Morgan fingerprint density at radius 3 is 2.47 bits per heavy atom. The van der Waals surface area contributed by atoms with Gasteiger partial charge in [-0.3, -0.25) is 4.79 Å². The summed E-state index contributed by atoms with van der Waals surface area (Å²) in [5.74, 6) is -2.44. The maximum absolute atomic E-state index is 13.5. The van der Waals surface area contributed by atoms with E-state index in [-0.39, 0.29) is 35.0 Å². The first kappa shape index (κ1) is 15.4. The third-order valence-electron chi connectivity index (χ3n) is 3.36. The molecule has 0 saturated carbocycles. The summed E-state index contributed by atoms with van der Waals surface area (Å²) >= 11 is 0. The Bertz CT molecular complexity index is 481. The zero-order chi connectivity index (χ0) is 14.8. The molecule has 3 N–H and O–H groups in total. The number of amides is 1. The van der Waals surface area contributed by atoms with Gasteiger partial charge in [0, 0.05) is 6.42 Å². The Labute approximate surface area is 112 Å². The highest BCUT2D eigenvalue weighted by Gasteiger charge is 2.23. The van der Waals surface area contributed by atoms with Gasteiger partial charge in [0.05, 0.1) is 5.69 Å². The van der Waals surface area contributed by atoms with E-state index in [0.29, 0.717) is 0 Å². The zero-order valence-electron chi connectivity index (χ0n) is 11.7. The van der Waals surface area contributed by atoms with Crippen LogP contribution in [0.4, 0.5) is 20.2 Å². The average molecular weight is 270 g/mol. The van der Waals surface area contributed by atoms with Crippen molar-refractivity contribution in [2.24, 2.45) is 11.3 Å². The van der Waals surface area contributed by atoms with Crippen LogP contribution < -0.4 is 11.1 Å². The van der Waals surface area contributed by atoms with Crippen molar-refractivity contribution in [3.8, 4) is 0 Å². The van der Waals surface area contributed by atoms with Crippen molar-refractivity contribution in [2.75, 3.05) is 11.1 Å². The van der Waals surface area contributed by atoms with Gasteiger partial charge in [0.15, 0.2) is 11.6 Å². The largest absolute Gasteiger partial charge is 0.397 e. The highest BCUT2D eigenvalue weighted by molar-refractivity contribution is 5.94. The quantitative estimate of drug-likeness (QED) is 0.825. The summed E-state index contributed by atoms with van der Waals surface area (Å²) in [6, 6.07) is 2.15. The first-order valence-electron chi connectivity index (χ1n) is 6.16. The SMILES string of the molecule is CC(CC(=O)Nc1c(N)ccc(F)c1F)C(C)(C)C. The molecule has 0 aliphatic rings. The molecule has 0 spiro atoms. The van der Waals surface area contributed by atoms with Crippen molar-refractivity contribution in [2.45, 2.75) is 34.1 Å². The molecular formula is C14H20F2N2O. The Hall–Kier alpha value is -1.65. The summed E-state index contributed by atoms with van der Waals surface area (Å²) in [6.07, 6.45) is 0.221. The molecule has 5 heteroatoms. The number of anilines is 2. The van der Waals surface area contributed by atoms with E-state index in [1.165, 1.54) is 6.07 Å². The lowest BCUT2D eigenvalue weighted by atomic mass is 9.80. The van der Waals surface area contributed by atoms with Gasteiger partial charge in [0.2, 0.25) is 5.91 Å². The van der Waals surface area contributed by atoms with Gasteiger partial charge in [0.25, 0.3) is 0 Å². The molecule has 0 saturated heterocycles. The fourth-order valence-corrected chi connectivity index (χ4v) is 1.47. The molecule has 1 aromatic rings. The second-order valence-electron chi connectivity index (χ2n) is 5.84. The second kappa shape index (κ2) is 5.55. The van der Waals surface area contributed by atoms with E-state index in [9.17, 15) is 13.6 Å². The van der Waals surface area contributed by atoms with Crippen LogP contribution >= 0.6 is 0 Å². The second-order valence-corrected chi connectivity index (χ2v) is 5.84. The molecule has 0 radical (unpaired) electrons. The van der Waals surface area contributed by atoms with Gasteiger partial charge in [-0.15, -0.1) is 0 Å². The number of nitrogens with two attached hydrogens (primary N) is 1. The lowest BCUT2D eigenvalue weighted by Crippen LogP contribution is -2.24.